The van der Waals surface area contributed by atoms with E-state index in [2.05, 4.69) is 26.4 Å². The summed E-state index contributed by atoms with van der Waals surface area (Å²) < 4.78 is 9.51. The first-order valence-corrected chi connectivity index (χ1v) is 17.4. The van der Waals surface area contributed by atoms with Crippen molar-refractivity contribution in [3.05, 3.63) is 90.1 Å². The van der Waals surface area contributed by atoms with E-state index in [1.807, 2.05) is 86.6 Å². The van der Waals surface area contributed by atoms with Crippen LogP contribution in [-0.2, 0) is 32.0 Å². The van der Waals surface area contributed by atoms with Crippen molar-refractivity contribution >= 4 is 24.0 Å². The summed E-state index contributed by atoms with van der Waals surface area (Å²) in [6.07, 6.45) is 3.11. The molecule has 13 nitrogen and oxygen atoms in total. The van der Waals surface area contributed by atoms with Gasteiger partial charge in [0.15, 0.2) is 0 Å². The molecule has 2 aromatic carbocycles. The minimum Gasteiger partial charge on any atom is -0.453 e. The zero-order valence-corrected chi connectivity index (χ0v) is 30.0. The van der Waals surface area contributed by atoms with Crippen LogP contribution < -0.4 is 21.4 Å². The minimum absolute atomic E-state index is 0.0890. The smallest absolute Gasteiger partial charge is 0.407 e. The quantitative estimate of drug-likeness (QED) is 0.106. The van der Waals surface area contributed by atoms with E-state index in [0.29, 0.717) is 25.7 Å². The second-order valence-corrected chi connectivity index (χ2v) is 12.3. The Hall–Kier alpha value is -5.01. The maximum atomic E-state index is 13.6. The lowest BCUT2D eigenvalue weighted by molar-refractivity contribution is -0.130. The molecule has 0 radical (unpaired) electrons. The summed E-state index contributed by atoms with van der Waals surface area (Å²) in [4.78, 5) is 55.9. The summed E-state index contributed by atoms with van der Waals surface area (Å²) in [7, 11) is 2.46. The van der Waals surface area contributed by atoms with E-state index in [0.717, 1.165) is 35.2 Å². The molecule has 3 rings (SSSR count). The van der Waals surface area contributed by atoms with Crippen molar-refractivity contribution in [2.45, 2.75) is 89.6 Å². The van der Waals surface area contributed by atoms with E-state index in [1.54, 1.807) is 11.2 Å². The summed E-state index contributed by atoms with van der Waals surface area (Å²) in [6, 6.07) is 20.2. The van der Waals surface area contributed by atoms with Gasteiger partial charge in [0.25, 0.3) is 5.91 Å². The molecule has 0 aliphatic rings. The zero-order valence-electron chi connectivity index (χ0n) is 30.0. The molecule has 51 heavy (non-hydrogen) atoms. The number of methoxy groups -OCH3 is 2. The Bertz CT molecular complexity index is 1490. The summed E-state index contributed by atoms with van der Waals surface area (Å²) in [5.74, 6) is -0.937. The van der Waals surface area contributed by atoms with E-state index in [9.17, 15) is 24.3 Å². The fraction of sp³-hybridized carbons (Fsp3) is 0.447. The van der Waals surface area contributed by atoms with Gasteiger partial charge in [-0.3, -0.25) is 20.0 Å². The maximum Gasteiger partial charge on any atom is 0.407 e. The number of aliphatic hydroxyl groups excluding tert-OH is 1. The highest BCUT2D eigenvalue weighted by molar-refractivity contribution is 5.86. The van der Waals surface area contributed by atoms with E-state index in [1.165, 1.54) is 14.2 Å². The number of nitrogens with zero attached hydrogens (tertiary/aromatic N) is 2. The molecule has 4 unspecified atom stereocenters. The molecule has 0 saturated heterocycles. The number of aliphatic hydroxyl groups is 1. The van der Waals surface area contributed by atoms with Crippen LogP contribution in [0.5, 0.6) is 0 Å². The van der Waals surface area contributed by atoms with Crippen LogP contribution in [0.3, 0.4) is 0 Å². The molecule has 1 heterocycles. The third kappa shape index (κ3) is 14.0. The lowest BCUT2D eigenvalue weighted by atomic mass is 9.99. The third-order valence-corrected chi connectivity index (χ3v) is 8.33. The van der Waals surface area contributed by atoms with Crippen LogP contribution in [0.1, 0.15) is 63.5 Å². The molecular weight excluding hydrogens is 652 g/mol. The number of benzene rings is 2. The molecule has 3 aromatic rings. The van der Waals surface area contributed by atoms with Crippen molar-refractivity contribution in [3.8, 4) is 11.3 Å². The Kier molecular flexibility index (Phi) is 17.4. The lowest BCUT2D eigenvalue weighted by Gasteiger charge is -2.32. The Morgan fingerprint density at radius 2 is 1.33 bits per heavy atom. The highest BCUT2D eigenvalue weighted by atomic mass is 16.5. The van der Waals surface area contributed by atoms with Gasteiger partial charge in [-0.2, -0.15) is 0 Å². The Balaban J connectivity index is 1.90. The van der Waals surface area contributed by atoms with Crippen molar-refractivity contribution < 1.29 is 33.8 Å². The van der Waals surface area contributed by atoms with E-state index < -0.39 is 48.2 Å². The van der Waals surface area contributed by atoms with Crippen LogP contribution in [0.2, 0.25) is 0 Å². The largest absolute Gasteiger partial charge is 0.453 e. The fourth-order valence-corrected chi connectivity index (χ4v) is 5.46. The maximum absolute atomic E-state index is 13.6. The molecule has 5 N–H and O–H groups in total. The molecule has 276 valence electrons. The number of amides is 4. The number of unbranched alkanes of at least 4 members (excludes halogenated alkanes) is 2. The number of hydrogen-bond acceptors (Lipinski definition) is 9. The molecule has 0 aliphatic carbocycles. The summed E-state index contributed by atoms with van der Waals surface area (Å²) in [5.41, 5.74) is 6.34. The number of rotatable bonds is 20. The number of pyridine rings is 1. The molecule has 0 fully saturated rings. The van der Waals surface area contributed by atoms with Crippen LogP contribution in [0.15, 0.2) is 79.0 Å². The molecule has 4 atom stereocenters. The molecule has 0 saturated carbocycles. The second-order valence-electron chi connectivity index (χ2n) is 12.3. The minimum atomic E-state index is -1.19. The average molecular weight is 705 g/mol. The number of hydrazine groups is 1. The summed E-state index contributed by atoms with van der Waals surface area (Å²) in [5, 5.41) is 21.6. The van der Waals surface area contributed by atoms with Gasteiger partial charge < -0.3 is 30.5 Å². The first-order chi connectivity index (χ1) is 24.7. The fourth-order valence-electron chi connectivity index (χ4n) is 5.46. The third-order valence-electron chi connectivity index (χ3n) is 8.33. The van der Waals surface area contributed by atoms with Crippen LogP contribution >= 0.6 is 0 Å². The number of hydrogen-bond donors (Lipinski definition) is 5. The Labute approximate surface area is 300 Å². The highest BCUT2D eigenvalue weighted by Crippen LogP contribution is 2.18. The first kappa shape index (κ1) is 40.4. The van der Waals surface area contributed by atoms with Gasteiger partial charge >= 0.3 is 12.2 Å². The monoisotopic (exact) mass is 704 g/mol. The van der Waals surface area contributed by atoms with Crippen molar-refractivity contribution in [3.63, 3.8) is 0 Å². The number of nitrogens with one attached hydrogen (secondary N) is 4. The van der Waals surface area contributed by atoms with Gasteiger partial charge in [-0.1, -0.05) is 100 Å². The zero-order chi connectivity index (χ0) is 37.0. The second kappa shape index (κ2) is 21.9. The number of ether oxygens (including phenoxy) is 2. The normalized spacial score (nSPS) is 13.3. The van der Waals surface area contributed by atoms with Gasteiger partial charge in [-0.25, -0.2) is 14.6 Å². The van der Waals surface area contributed by atoms with Crippen LogP contribution in [0.25, 0.3) is 11.3 Å². The number of alkyl carbamates (subject to hydrolysis) is 2. The molecular formula is C38H52N6O7. The molecule has 0 spiro atoms. The van der Waals surface area contributed by atoms with Crippen molar-refractivity contribution in [2.24, 2.45) is 0 Å². The molecule has 1 aromatic heterocycles. The van der Waals surface area contributed by atoms with Gasteiger partial charge in [0.05, 0.1) is 32.1 Å². The Morgan fingerprint density at radius 1 is 0.745 bits per heavy atom. The standard InChI is InChI=1S/C38H52N6O7/c1-5-7-16-31(41-37(48)50-3)35(46)40-33(24-27-14-10-9-11-15-27)34(45)26-44(43-36(47)32(17-8-6-2)42-38(49)51-4)25-28-19-21-29(22-20-28)30-18-12-13-23-39-30/h9-15,18-23,31-34,45H,5-8,16-17,24-26H2,1-4H3,(H,40,46)(H,41,48)(H,42,49)(H,43,47). The topological polar surface area (TPSA) is 171 Å². The average Bonchev–Trinajstić information content (AvgIpc) is 3.15. The van der Waals surface area contributed by atoms with E-state index in [-0.39, 0.29) is 19.5 Å². The SMILES string of the molecule is CCCCC(NC(=O)OC)C(=O)NC(Cc1ccccc1)C(O)CN(Cc1ccc(-c2ccccn2)cc1)NC(=O)C(CCCC)NC(=O)OC. The van der Waals surface area contributed by atoms with Crippen molar-refractivity contribution in [1.82, 2.24) is 31.4 Å². The van der Waals surface area contributed by atoms with Crippen molar-refractivity contribution in [2.75, 3.05) is 20.8 Å². The molecule has 13 heteroatoms. The summed E-state index contributed by atoms with van der Waals surface area (Å²) in [6.45, 7) is 4.07. The van der Waals surface area contributed by atoms with Crippen LogP contribution in [0, 0.1) is 0 Å². The molecule has 4 amide bonds. The summed E-state index contributed by atoms with van der Waals surface area (Å²) >= 11 is 0. The first-order valence-electron chi connectivity index (χ1n) is 17.4. The molecule has 0 aliphatic heterocycles. The van der Waals surface area contributed by atoms with Gasteiger partial charge in [-0.15, -0.1) is 0 Å². The number of aromatic nitrogens is 1. The van der Waals surface area contributed by atoms with Crippen LogP contribution in [-0.4, -0.2) is 84.1 Å². The van der Waals surface area contributed by atoms with Gasteiger partial charge in [-0.05, 0) is 42.5 Å². The van der Waals surface area contributed by atoms with Crippen LogP contribution in [0.4, 0.5) is 9.59 Å². The van der Waals surface area contributed by atoms with E-state index in [4.69, 9.17) is 9.47 Å². The van der Waals surface area contributed by atoms with E-state index >= 15 is 0 Å². The number of carbonyl (C=O) groups is 4. The van der Waals surface area contributed by atoms with Gasteiger partial charge in [0.2, 0.25) is 5.91 Å². The highest BCUT2D eigenvalue weighted by Gasteiger charge is 2.30. The number of carbonyl (C=O) groups excluding carboxylic acids is 4. The van der Waals surface area contributed by atoms with Gasteiger partial charge in [0.1, 0.15) is 12.1 Å². The Morgan fingerprint density at radius 3 is 1.88 bits per heavy atom. The predicted molar refractivity (Wildman–Crippen MR) is 194 cm³/mol. The molecule has 0 bridgehead atoms. The lowest BCUT2D eigenvalue weighted by Crippen LogP contribution is -2.58. The van der Waals surface area contributed by atoms with Crippen molar-refractivity contribution in [1.29, 1.82) is 0 Å². The predicted octanol–water partition coefficient (Wildman–Crippen LogP) is 4.50. The van der Waals surface area contributed by atoms with Gasteiger partial charge in [0, 0.05) is 24.8 Å².